The second-order valence-corrected chi connectivity index (χ2v) is 4.72. The molecular formula is C16H22N4O. The van der Waals surface area contributed by atoms with E-state index >= 15 is 0 Å². The first-order valence-corrected chi connectivity index (χ1v) is 7.25. The largest absolute Gasteiger partial charge is 0.497 e. The molecule has 1 aromatic heterocycles. The first-order valence-electron chi connectivity index (χ1n) is 7.25. The van der Waals surface area contributed by atoms with E-state index in [1.54, 1.807) is 13.3 Å². The van der Waals surface area contributed by atoms with Gasteiger partial charge in [0.2, 0.25) is 5.95 Å². The lowest BCUT2D eigenvalue weighted by Gasteiger charge is -2.08. The van der Waals surface area contributed by atoms with Gasteiger partial charge in [-0.25, -0.2) is 4.98 Å². The normalized spacial score (nSPS) is 10.2. The predicted molar refractivity (Wildman–Crippen MR) is 86.0 cm³/mol. The molecule has 0 fully saturated rings. The molecule has 0 bridgehead atoms. The molecule has 0 aliphatic carbocycles. The number of hydrogen-bond acceptors (Lipinski definition) is 5. The van der Waals surface area contributed by atoms with E-state index in [0.717, 1.165) is 37.5 Å². The van der Waals surface area contributed by atoms with Crippen LogP contribution in [0.25, 0.3) is 0 Å². The first kappa shape index (κ1) is 15.1. The molecule has 1 heterocycles. The van der Waals surface area contributed by atoms with Gasteiger partial charge >= 0.3 is 0 Å². The van der Waals surface area contributed by atoms with Gasteiger partial charge < -0.3 is 15.4 Å². The SMILES string of the molecule is CCCNc1nccc(NCCc2ccc(OC)cc2)n1. The summed E-state index contributed by atoms with van der Waals surface area (Å²) in [5.41, 5.74) is 1.27. The van der Waals surface area contributed by atoms with Gasteiger partial charge in [-0.2, -0.15) is 4.98 Å². The van der Waals surface area contributed by atoms with E-state index in [1.807, 2.05) is 18.2 Å². The zero-order valence-corrected chi connectivity index (χ0v) is 12.6. The fourth-order valence-corrected chi connectivity index (χ4v) is 1.91. The third kappa shape index (κ3) is 4.95. The standard InChI is InChI=1S/C16H22N4O/c1-3-10-18-16-19-12-9-15(20-16)17-11-8-13-4-6-14(21-2)7-5-13/h4-7,9,12H,3,8,10-11H2,1-2H3,(H2,17,18,19,20). The van der Waals surface area contributed by atoms with Crippen molar-refractivity contribution in [2.24, 2.45) is 0 Å². The minimum Gasteiger partial charge on any atom is -0.497 e. The molecule has 0 unspecified atom stereocenters. The van der Waals surface area contributed by atoms with Crippen molar-refractivity contribution < 1.29 is 4.74 Å². The highest BCUT2D eigenvalue weighted by Crippen LogP contribution is 2.12. The van der Waals surface area contributed by atoms with E-state index in [1.165, 1.54) is 5.56 Å². The maximum Gasteiger partial charge on any atom is 0.224 e. The van der Waals surface area contributed by atoms with Crippen molar-refractivity contribution in [3.8, 4) is 5.75 Å². The number of aromatic nitrogens is 2. The van der Waals surface area contributed by atoms with Gasteiger partial charge in [-0.3, -0.25) is 0 Å². The number of methoxy groups -OCH3 is 1. The van der Waals surface area contributed by atoms with Crippen LogP contribution < -0.4 is 15.4 Å². The molecule has 5 nitrogen and oxygen atoms in total. The highest BCUT2D eigenvalue weighted by molar-refractivity contribution is 5.39. The molecule has 1 aromatic carbocycles. The van der Waals surface area contributed by atoms with Gasteiger partial charge in [0.15, 0.2) is 0 Å². The summed E-state index contributed by atoms with van der Waals surface area (Å²) in [6.07, 6.45) is 3.75. The van der Waals surface area contributed by atoms with Gasteiger partial charge in [-0.15, -0.1) is 0 Å². The number of nitrogens with zero attached hydrogens (tertiary/aromatic N) is 2. The topological polar surface area (TPSA) is 59.1 Å². The summed E-state index contributed by atoms with van der Waals surface area (Å²) < 4.78 is 5.15. The van der Waals surface area contributed by atoms with Gasteiger partial charge in [0.05, 0.1) is 7.11 Å². The van der Waals surface area contributed by atoms with Gasteiger partial charge in [0, 0.05) is 19.3 Å². The Bertz CT molecular complexity index is 542. The molecule has 21 heavy (non-hydrogen) atoms. The summed E-state index contributed by atoms with van der Waals surface area (Å²) in [4.78, 5) is 8.60. The maximum atomic E-state index is 5.15. The quantitative estimate of drug-likeness (QED) is 0.781. The smallest absolute Gasteiger partial charge is 0.224 e. The van der Waals surface area contributed by atoms with Crippen molar-refractivity contribution in [2.45, 2.75) is 19.8 Å². The van der Waals surface area contributed by atoms with Crippen LogP contribution in [0.15, 0.2) is 36.5 Å². The number of anilines is 2. The fourth-order valence-electron chi connectivity index (χ4n) is 1.91. The number of benzene rings is 1. The summed E-state index contributed by atoms with van der Waals surface area (Å²) in [5.74, 6) is 2.40. The van der Waals surface area contributed by atoms with E-state index in [2.05, 4.69) is 39.7 Å². The van der Waals surface area contributed by atoms with E-state index in [4.69, 9.17) is 4.74 Å². The summed E-state index contributed by atoms with van der Waals surface area (Å²) >= 11 is 0. The monoisotopic (exact) mass is 286 g/mol. The minimum absolute atomic E-state index is 0.672. The Morgan fingerprint density at radius 1 is 1.05 bits per heavy atom. The molecule has 2 rings (SSSR count). The predicted octanol–water partition coefficient (Wildman–Crippen LogP) is 2.96. The lowest BCUT2D eigenvalue weighted by molar-refractivity contribution is 0.414. The van der Waals surface area contributed by atoms with Crippen molar-refractivity contribution >= 4 is 11.8 Å². The number of hydrogen-bond donors (Lipinski definition) is 2. The molecule has 0 atom stereocenters. The van der Waals surface area contributed by atoms with Crippen molar-refractivity contribution in [1.82, 2.24) is 9.97 Å². The average Bonchev–Trinajstić information content (AvgIpc) is 2.54. The minimum atomic E-state index is 0.672. The van der Waals surface area contributed by atoms with Crippen molar-refractivity contribution in [3.63, 3.8) is 0 Å². The van der Waals surface area contributed by atoms with Gasteiger partial charge in [0.25, 0.3) is 0 Å². The van der Waals surface area contributed by atoms with Gasteiger partial charge in [0.1, 0.15) is 11.6 Å². The molecule has 2 aromatic rings. The molecule has 5 heteroatoms. The Labute approximate surface area is 125 Å². The van der Waals surface area contributed by atoms with Gasteiger partial charge in [-0.05, 0) is 36.6 Å². The van der Waals surface area contributed by atoms with Crippen LogP contribution in [0, 0.1) is 0 Å². The zero-order chi connectivity index (χ0) is 14.9. The molecular weight excluding hydrogens is 264 g/mol. The van der Waals surface area contributed by atoms with E-state index in [9.17, 15) is 0 Å². The van der Waals surface area contributed by atoms with Crippen molar-refractivity contribution in [2.75, 3.05) is 30.8 Å². The number of nitrogens with one attached hydrogen (secondary N) is 2. The Balaban J connectivity index is 1.82. The average molecular weight is 286 g/mol. The highest BCUT2D eigenvalue weighted by Gasteiger charge is 1.99. The van der Waals surface area contributed by atoms with E-state index in [0.29, 0.717) is 5.95 Å². The van der Waals surface area contributed by atoms with Crippen molar-refractivity contribution in [3.05, 3.63) is 42.1 Å². The van der Waals surface area contributed by atoms with Crippen LogP contribution >= 0.6 is 0 Å². The van der Waals surface area contributed by atoms with E-state index < -0.39 is 0 Å². The zero-order valence-electron chi connectivity index (χ0n) is 12.6. The second kappa shape index (κ2) is 8.09. The van der Waals surface area contributed by atoms with Crippen LogP contribution in [0.4, 0.5) is 11.8 Å². The molecule has 112 valence electrons. The van der Waals surface area contributed by atoms with E-state index in [-0.39, 0.29) is 0 Å². The lowest BCUT2D eigenvalue weighted by atomic mass is 10.1. The third-order valence-electron chi connectivity index (χ3n) is 3.07. The summed E-state index contributed by atoms with van der Waals surface area (Å²) in [6.45, 7) is 3.83. The molecule has 0 spiro atoms. The Morgan fingerprint density at radius 2 is 1.86 bits per heavy atom. The Morgan fingerprint density at radius 3 is 2.57 bits per heavy atom. The maximum absolute atomic E-state index is 5.15. The second-order valence-electron chi connectivity index (χ2n) is 4.72. The summed E-state index contributed by atoms with van der Waals surface area (Å²) in [7, 11) is 1.68. The summed E-state index contributed by atoms with van der Waals surface area (Å²) in [6, 6.07) is 9.99. The van der Waals surface area contributed by atoms with Gasteiger partial charge in [-0.1, -0.05) is 19.1 Å². The Hall–Kier alpha value is -2.30. The molecule has 0 saturated heterocycles. The first-order chi connectivity index (χ1) is 10.3. The fraction of sp³-hybridized carbons (Fsp3) is 0.375. The summed E-state index contributed by atoms with van der Waals surface area (Å²) in [5, 5.41) is 6.50. The molecule has 0 aliphatic heterocycles. The highest BCUT2D eigenvalue weighted by atomic mass is 16.5. The van der Waals surface area contributed by atoms with Crippen LogP contribution in [0.2, 0.25) is 0 Å². The molecule has 0 amide bonds. The molecule has 2 N–H and O–H groups in total. The van der Waals surface area contributed by atoms with Crippen molar-refractivity contribution in [1.29, 1.82) is 0 Å². The van der Waals surface area contributed by atoms with Crippen LogP contribution in [0.5, 0.6) is 5.75 Å². The Kier molecular flexibility index (Phi) is 5.82. The third-order valence-corrected chi connectivity index (χ3v) is 3.07. The van der Waals surface area contributed by atoms with Crippen LogP contribution in [0.1, 0.15) is 18.9 Å². The van der Waals surface area contributed by atoms with Crippen LogP contribution in [-0.2, 0) is 6.42 Å². The lowest BCUT2D eigenvalue weighted by Crippen LogP contribution is -2.09. The van der Waals surface area contributed by atoms with Crippen LogP contribution in [-0.4, -0.2) is 30.2 Å². The molecule has 0 saturated carbocycles. The number of ether oxygens (including phenoxy) is 1. The number of rotatable bonds is 8. The molecule has 0 radical (unpaired) electrons. The molecule has 0 aliphatic rings. The van der Waals surface area contributed by atoms with Crippen LogP contribution in [0.3, 0.4) is 0 Å².